The van der Waals surface area contributed by atoms with E-state index in [2.05, 4.69) is 16.0 Å². The van der Waals surface area contributed by atoms with Gasteiger partial charge in [-0.15, -0.1) is 0 Å². The smallest absolute Gasteiger partial charge is 0.326 e. The second kappa shape index (κ2) is 13.2. The van der Waals surface area contributed by atoms with Crippen LogP contribution >= 0.6 is 0 Å². The predicted octanol–water partition coefficient (Wildman–Crippen LogP) is -3.37. The molecule has 0 aromatic rings. The van der Waals surface area contributed by atoms with Crippen molar-refractivity contribution in [2.75, 3.05) is 0 Å². The van der Waals surface area contributed by atoms with Gasteiger partial charge >= 0.3 is 11.9 Å². The highest BCUT2D eigenvalue weighted by molar-refractivity contribution is 5.96. The number of hydrogen-bond donors (Lipinski definition) is 8. The molecule has 182 valence electrons. The topological polar surface area (TPSA) is 251 Å². The van der Waals surface area contributed by atoms with Crippen LogP contribution in [0.15, 0.2) is 0 Å². The van der Waals surface area contributed by atoms with Crippen LogP contribution < -0.4 is 27.4 Å². The van der Waals surface area contributed by atoms with Crippen LogP contribution in [-0.2, 0) is 28.8 Å². The summed E-state index contributed by atoms with van der Waals surface area (Å²) in [6, 6.07) is -6.06. The van der Waals surface area contributed by atoms with E-state index >= 15 is 0 Å². The molecule has 0 aromatic carbocycles. The zero-order valence-corrected chi connectivity index (χ0v) is 18.0. The Kier molecular flexibility index (Phi) is 11.9. The Hall–Kier alpha value is -3.26. The average Bonchev–Trinajstić information content (AvgIpc) is 2.62. The maximum atomic E-state index is 12.6. The number of aliphatic hydroxyl groups is 1. The number of primary amides is 1. The van der Waals surface area contributed by atoms with Crippen molar-refractivity contribution in [3.8, 4) is 0 Å². The number of aliphatic hydroxyl groups excluding tert-OH is 1. The quantitative estimate of drug-likeness (QED) is 0.127. The van der Waals surface area contributed by atoms with Gasteiger partial charge in [-0.25, -0.2) is 4.79 Å². The molecule has 32 heavy (non-hydrogen) atoms. The number of carboxylic acids is 2. The minimum atomic E-state index is -1.66. The SMILES string of the molecule is CC(C)CC(NC(=O)C(CC(N)=O)NC(=O)C(NC(=O)C(N)CC(=O)O)C(C)O)C(=O)O. The first-order chi connectivity index (χ1) is 14.6. The molecule has 0 aliphatic rings. The van der Waals surface area contributed by atoms with Gasteiger partial charge in [-0.2, -0.15) is 0 Å². The predicted molar refractivity (Wildman–Crippen MR) is 109 cm³/mol. The Morgan fingerprint density at radius 2 is 1.34 bits per heavy atom. The van der Waals surface area contributed by atoms with Crippen molar-refractivity contribution in [2.45, 2.75) is 70.3 Å². The van der Waals surface area contributed by atoms with Crippen molar-refractivity contribution in [3.05, 3.63) is 0 Å². The van der Waals surface area contributed by atoms with Gasteiger partial charge in [0.25, 0.3) is 0 Å². The molecule has 0 radical (unpaired) electrons. The van der Waals surface area contributed by atoms with Crippen LogP contribution in [-0.4, -0.2) is 81.2 Å². The van der Waals surface area contributed by atoms with Crippen LogP contribution in [0.4, 0.5) is 0 Å². The molecule has 0 saturated carbocycles. The number of hydrogen-bond acceptors (Lipinski definition) is 8. The van der Waals surface area contributed by atoms with Crippen molar-refractivity contribution in [3.63, 3.8) is 0 Å². The van der Waals surface area contributed by atoms with Gasteiger partial charge in [-0.1, -0.05) is 13.8 Å². The first-order valence-corrected chi connectivity index (χ1v) is 9.73. The number of amides is 4. The van der Waals surface area contributed by atoms with Gasteiger partial charge in [-0.3, -0.25) is 24.0 Å². The molecule has 0 aromatic heterocycles. The lowest BCUT2D eigenvalue weighted by Gasteiger charge is -2.26. The molecule has 0 aliphatic heterocycles. The zero-order chi connectivity index (χ0) is 25.2. The van der Waals surface area contributed by atoms with Crippen LogP contribution in [0.1, 0.15) is 40.0 Å². The second-order valence-electron chi connectivity index (χ2n) is 7.69. The van der Waals surface area contributed by atoms with E-state index in [1.54, 1.807) is 13.8 Å². The lowest BCUT2D eigenvalue weighted by Crippen LogP contribution is -2.60. The van der Waals surface area contributed by atoms with E-state index < -0.39 is 78.7 Å². The Morgan fingerprint density at radius 3 is 1.75 bits per heavy atom. The summed E-state index contributed by atoms with van der Waals surface area (Å²) < 4.78 is 0. The third kappa shape index (κ3) is 10.7. The molecule has 10 N–H and O–H groups in total. The largest absolute Gasteiger partial charge is 0.481 e. The molecule has 0 saturated heterocycles. The molecule has 0 spiro atoms. The van der Waals surface area contributed by atoms with Crippen molar-refractivity contribution in [1.82, 2.24) is 16.0 Å². The molecule has 0 heterocycles. The Bertz CT molecular complexity index is 726. The van der Waals surface area contributed by atoms with Gasteiger partial charge in [-0.05, 0) is 19.3 Å². The normalized spacial score (nSPS) is 15.6. The molecule has 14 nitrogen and oxygen atoms in total. The maximum absolute atomic E-state index is 12.6. The van der Waals surface area contributed by atoms with E-state index in [0.29, 0.717) is 0 Å². The summed E-state index contributed by atoms with van der Waals surface area (Å²) in [6.07, 6.45) is -2.85. The van der Waals surface area contributed by atoms with Crippen LogP contribution in [0.2, 0.25) is 0 Å². The van der Waals surface area contributed by atoms with Crippen LogP contribution in [0, 0.1) is 5.92 Å². The first kappa shape index (κ1) is 28.7. The number of carbonyl (C=O) groups is 6. The van der Waals surface area contributed by atoms with E-state index in [4.69, 9.17) is 16.6 Å². The third-order valence-corrected chi connectivity index (χ3v) is 4.15. The maximum Gasteiger partial charge on any atom is 0.326 e. The number of nitrogens with two attached hydrogens (primary N) is 2. The third-order valence-electron chi connectivity index (χ3n) is 4.15. The van der Waals surface area contributed by atoms with E-state index in [-0.39, 0.29) is 12.3 Å². The molecule has 0 bridgehead atoms. The monoisotopic (exact) mass is 461 g/mol. The summed E-state index contributed by atoms with van der Waals surface area (Å²) in [5.41, 5.74) is 10.5. The average molecular weight is 461 g/mol. The first-order valence-electron chi connectivity index (χ1n) is 9.73. The summed E-state index contributed by atoms with van der Waals surface area (Å²) in [7, 11) is 0. The van der Waals surface area contributed by atoms with Crippen LogP contribution in [0.5, 0.6) is 0 Å². The molecule has 0 rings (SSSR count). The van der Waals surface area contributed by atoms with E-state index in [0.717, 1.165) is 6.92 Å². The highest BCUT2D eigenvalue weighted by Gasteiger charge is 2.33. The van der Waals surface area contributed by atoms with Gasteiger partial charge in [0.1, 0.15) is 18.1 Å². The minimum absolute atomic E-state index is 0.0755. The summed E-state index contributed by atoms with van der Waals surface area (Å²) in [4.78, 5) is 70.5. The zero-order valence-electron chi connectivity index (χ0n) is 18.0. The van der Waals surface area contributed by atoms with Gasteiger partial charge < -0.3 is 42.7 Å². The van der Waals surface area contributed by atoms with Gasteiger partial charge in [0.05, 0.1) is 25.0 Å². The van der Waals surface area contributed by atoms with Crippen molar-refractivity contribution >= 4 is 35.6 Å². The number of carboxylic acid groups (broad SMARTS) is 2. The Labute approximate surface area is 184 Å². The second-order valence-corrected chi connectivity index (χ2v) is 7.69. The number of nitrogens with one attached hydrogen (secondary N) is 3. The van der Waals surface area contributed by atoms with Crippen LogP contribution in [0.3, 0.4) is 0 Å². The fraction of sp³-hybridized carbons (Fsp3) is 0.667. The minimum Gasteiger partial charge on any atom is -0.481 e. The summed E-state index contributed by atoms with van der Waals surface area (Å²) >= 11 is 0. The fourth-order valence-electron chi connectivity index (χ4n) is 2.58. The van der Waals surface area contributed by atoms with E-state index in [9.17, 15) is 39.0 Å². The van der Waals surface area contributed by atoms with Crippen LogP contribution in [0.25, 0.3) is 0 Å². The molecular formula is C18H31N5O9. The lowest BCUT2D eigenvalue weighted by atomic mass is 10.0. The van der Waals surface area contributed by atoms with Crippen molar-refractivity contribution in [1.29, 1.82) is 0 Å². The van der Waals surface area contributed by atoms with Crippen molar-refractivity contribution < 1.29 is 44.1 Å². The Balaban J connectivity index is 5.47. The Morgan fingerprint density at radius 1 is 0.812 bits per heavy atom. The molecule has 0 aliphatic carbocycles. The molecule has 4 amide bonds. The van der Waals surface area contributed by atoms with Gasteiger partial charge in [0, 0.05) is 0 Å². The van der Waals surface area contributed by atoms with E-state index in [1.165, 1.54) is 0 Å². The van der Waals surface area contributed by atoms with Gasteiger partial charge in [0.2, 0.25) is 23.6 Å². The molecule has 5 unspecified atom stereocenters. The molecule has 0 fully saturated rings. The number of rotatable bonds is 14. The molecule has 5 atom stereocenters. The van der Waals surface area contributed by atoms with Crippen molar-refractivity contribution in [2.24, 2.45) is 17.4 Å². The molecule has 14 heteroatoms. The summed E-state index contributed by atoms with van der Waals surface area (Å²) in [5, 5.41) is 34.2. The number of aliphatic carboxylic acids is 2. The summed E-state index contributed by atoms with van der Waals surface area (Å²) in [5.74, 6) is -6.92. The van der Waals surface area contributed by atoms with Gasteiger partial charge in [0.15, 0.2) is 0 Å². The number of carbonyl (C=O) groups excluding carboxylic acids is 4. The standard InChI is InChI=1S/C18H31N5O9/c1-7(2)4-11(18(31)32)22-16(29)10(6-12(20)25)21-17(30)14(8(3)24)23-15(28)9(19)5-13(26)27/h7-11,14,24H,4-6,19H2,1-3H3,(H2,20,25)(H,21,30)(H,22,29)(H,23,28)(H,26,27)(H,31,32). The highest BCUT2D eigenvalue weighted by atomic mass is 16.4. The van der Waals surface area contributed by atoms with E-state index in [1.807, 2.05) is 0 Å². The molecular weight excluding hydrogens is 430 g/mol. The highest BCUT2D eigenvalue weighted by Crippen LogP contribution is 2.06. The lowest BCUT2D eigenvalue weighted by molar-refractivity contribution is -0.143. The fourth-order valence-corrected chi connectivity index (χ4v) is 2.58. The summed E-state index contributed by atoms with van der Waals surface area (Å²) in [6.45, 7) is 4.60.